The molecular weight excluding hydrogens is 330 g/mol. The fourth-order valence-electron chi connectivity index (χ4n) is 1.62. The lowest BCUT2D eigenvalue weighted by atomic mass is 10.2. The van der Waals surface area contributed by atoms with Crippen molar-refractivity contribution in [2.24, 2.45) is 0 Å². The average Bonchev–Trinajstić information content (AvgIpc) is 2.35. The molecule has 0 fully saturated rings. The van der Waals surface area contributed by atoms with E-state index in [9.17, 15) is 13.2 Å². The van der Waals surface area contributed by atoms with Crippen molar-refractivity contribution in [2.75, 3.05) is 26.9 Å². The summed E-state index contributed by atoms with van der Waals surface area (Å²) in [4.78, 5) is 0. The second-order valence-electron chi connectivity index (χ2n) is 4.28. The van der Waals surface area contributed by atoms with Crippen LogP contribution in [0.1, 0.15) is 12.0 Å². The molecule has 120 valence electrons. The first-order chi connectivity index (χ1) is 9.83. The third kappa shape index (κ3) is 7.22. The number of benzene rings is 1. The molecule has 0 spiro atoms. The van der Waals surface area contributed by atoms with Crippen molar-refractivity contribution in [1.29, 1.82) is 0 Å². The Kier molecular flexibility index (Phi) is 7.59. The maximum absolute atomic E-state index is 11.9. The summed E-state index contributed by atoms with van der Waals surface area (Å²) >= 11 is 12.0. The van der Waals surface area contributed by atoms with Crippen LogP contribution in [0.4, 0.5) is 13.2 Å². The van der Waals surface area contributed by atoms with Gasteiger partial charge in [0.05, 0.1) is 18.2 Å². The predicted octanol–water partition coefficient (Wildman–Crippen LogP) is 4.06. The summed E-state index contributed by atoms with van der Waals surface area (Å²) in [7, 11) is 1.77. The van der Waals surface area contributed by atoms with E-state index in [2.05, 4.69) is 10.1 Å². The van der Waals surface area contributed by atoms with Gasteiger partial charge in [0.25, 0.3) is 0 Å². The highest BCUT2D eigenvalue weighted by Crippen LogP contribution is 2.32. The molecule has 0 radical (unpaired) electrons. The van der Waals surface area contributed by atoms with Crippen LogP contribution in [-0.4, -0.2) is 33.0 Å². The van der Waals surface area contributed by atoms with Gasteiger partial charge in [0.1, 0.15) is 12.4 Å². The Morgan fingerprint density at radius 1 is 1.19 bits per heavy atom. The molecule has 1 N–H and O–H groups in total. The molecule has 0 aliphatic heterocycles. The summed E-state index contributed by atoms with van der Waals surface area (Å²) in [6, 6.07) is 3.27. The maximum atomic E-state index is 11.9. The first-order valence-electron chi connectivity index (χ1n) is 6.23. The molecule has 3 nitrogen and oxygen atoms in total. The van der Waals surface area contributed by atoms with E-state index in [1.807, 2.05) is 0 Å². The minimum atomic E-state index is -4.31. The van der Waals surface area contributed by atoms with Gasteiger partial charge in [0, 0.05) is 23.6 Å². The van der Waals surface area contributed by atoms with E-state index in [1.165, 1.54) is 0 Å². The number of hydrogen-bond acceptors (Lipinski definition) is 3. The summed E-state index contributed by atoms with van der Waals surface area (Å²) in [5, 5.41) is 3.82. The number of ether oxygens (including phenoxy) is 2. The van der Waals surface area contributed by atoms with Gasteiger partial charge in [-0.3, -0.25) is 0 Å². The van der Waals surface area contributed by atoms with Crippen molar-refractivity contribution in [3.63, 3.8) is 0 Å². The standard InChI is InChI=1S/C13H16Cl2F3NO2/c1-19-7-9-5-10(14)6-11(15)12(9)21-4-2-3-20-8-13(16,17)18/h5-6,19H,2-4,7-8H2,1H3. The van der Waals surface area contributed by atoms with Crippen LogP contribution in [0.3, 0.4) is 0 Å². The van der Waals surface area contributed by atoms with Crippen molar-refractivity contribution < 1.29 is 22.6 Å². The first-order valence-corrected chi connectivity index (χ1v) is 6.99. The topological polar surface area (TPSA) is 30.5 Å². The normalized spacial score (nSPS) is 11.7. The summed E-state index contributed by atoms with van der Waals surface area (Å²) in [6.07, 6.45) is -3.98. The van der Waals surface area contributed by atoms with Gasteiger partial charge in [-0.2, -0.15) is 13.2 Å². The Hall–Kier alpha value is -0.690. The van der Waals surface area contributed by atoms with Crippen LogP contribution in [0.5, 0.6) is 5.75 Å². The minimum Gasteiger partial charge on any atom is -0.492 e. The molecule has 1 rings (SSSR count). The van der Waals surface area contributed by atoms with Gasteiger partial charge in [0.2, 0.25) is 0 Å². The fraction of sp³-hybridized carbons (Fsp3) is 0.538. The third-order valence-electron chi connectivity index (χ3n) is 2.40. The molecule has 0 unspecified atom stereocenters. The summed E-state index contributed by atoms with van der Waals surface area (Å²) in [5.74, 6) is 0.478. The SMILES string of the molecule is CNCc1cc(Cl)cc(Cl)c1OCCCOCC(F)(F)F. The van der Waals surface area contributed by atoms with E-state index in [0.717, 1.165) is 5.56 Å². The molecule has 0 aliphatic carbocycles. The van der Waals surface area contributed by atoms with Crippen molar-refractivity contribution in [1.82, 2.24) is 5.32 Å². The van der Waals surface area contributed by atoms with E-state index in [0.29, 0.717) is 28.8 Å². The Bertz CT molecular complexity index is 456. The third-order valence-corrected chi connectivity index (χ3v) is 2.90. The second kappa shape index (κ2) is 8.68. The van der Waals surface area contributed by atoms with Gasteiger partial charge in [-0.1, -0.05) is 23.2 Å². The Morgan fingerprint density at radius 2 is 1.90 bits per heavy atom. The zero-order valence-corrected chi connectivity index (χ0v) is 12.9. The lowest BCUT2D eigenvalue weighted by Crippen LogP contribution is -2.18. The van der Waals surface area contributed by atoms with Crippen molar-refractivity contribution >= 4 is 23.2 Å². The first kappa shape index (κ1) is 18.4. The Morgan fingerprint density at radius 3 is 2.52 bits per heavy atom. The molecule has 0 bridgehead atoms. The smallest absolute Gasteiger partial charge is 0.411 e. The molecule has 1 aromatic carbocycles. The van der Waals surface area contributed by atoms with Gasteiger partial charge in [-0.15, -0.1) is 0 Å². The summed E-state index contributed by atoms with van der Waals surface area (Å²) < 4.78 is 45.6. The molecular formula is C13H16Cl2F3NO2. The molecule has 1 aromatic rings. The molecule has 8 heteroatoms. The van der Waals surface area contributed by atoms with Crippen LogP contribution >= 0.6 is 23.2 Å². The van der Waals surface area contributed by atoms with Crippen molar-refractivity contribution in [2.45, 2.75) is 19.1 Å². The molecule has 21 heavy (non-hydrogen) atoms. The molecule has 0 atom stereocenters. The molecule has 0 heterocycles. The number of nitrogens with one attached hydrogen (secondary N) is 1. The van der Waals surface area contributed by atoms with Crippen molar-refractivity contribution in [3.8, 4) is 5.75 Å². The molecule has 0 aliphatic rings. The van der Waals surface area contributed by atoms with Crippen LogP contribution in [0.15, 0.2) is 12.1 Å². The van der Waals surface area contributed by atoms with Crippen LogP contribution in [-0.2, 0) is 11.3 Å². The molecule has 0 saturated heterocycles. The lowest BCUT2D eigenvalue weighted by molar-refractivity contribution is -0.174. The van der Waals surface area contributed by atoms with Crippen molar-refractivity contribution in [3.05, 3.63) is 27.7 Å². The number of rotatable bonds is 8. The van der Waals surface area contributed by atoms with E-state index in [1.54, 1.807) is 19.2 Å². The largest absolute Gasteiger partial charge is 0.492 e. The van der Waals surface area contributed by atoms with E-state index >= 15 is 0 Å². The van der Waals surface area contributed by atoms with E-state index in [4.69, 9.17) is 27.9 Å². The van der Waals surface area contributed by atoms with Gasteiger partial charge in [-0.05, 0) is 19.2 Å². The molecule has 0 saturated carbocycles. The van der Waals surface area contributed by atoms with E-state index in [-0.39, 0.29) is 13.2 Å². The second-order valence-corrected chi connectivity index (χ2v) is 5.12. The monoisotopic (exact) mass is 345 g/mol. The minimum absolute atomic E-state index is 0.0356. The summed E-state index contributed by atoms with van der Waals surface area (Å²) in [5.41, 5.74) is 0.784. The highest BCUT2D eigenvalue weighted by atomic mass is 35.5. The fourth-order valence-corrected chi connectivity index (χ4v) is 2.21. The van der Waals surface area contributed by atoms with Gasteiger partial charge in [-0.25, -0.2) is 0 Å². The van der Waals surface area contributed by atoms with Crippen LogP contribution in [0, 0.1) is 0 Å². The quantitative estimate of drug-likeness (QED) is 0.720. The highest BCUT2D eigenvalue weighted by molar-refractivity contribution is 6.35. The van der Waals surface area contributed by atoms with Gasteiger partial charge in [0.15, 0.2) is 0 Å². The predicted molar refractivity (Wildman–Crippen MR) is 76.2 cm³/mol. The maximum Gasteiger partial charge on any atom is 0.411 e. The van der Waals surface area contributed by atoms with Crippen LogP contribution in [0.25, 0.3) is 0 Å². The molecule has 0 amide bonds. The highest BCUT2D eigenvalue weighted by Gasteiger charge is 2.27. The number of hydrogen-bond donors (Lipinski definition) is 1. The van der Waals surface area contributed by atoms with Gasteiger partial charge < -0.3 is 14.8 Å². The van der Waals surface area contributed by atoms with Crippen LogP contribution in [0.2, 0.25) is 10.0 Å². The molecule has 0 aromatic heterocycles. The summed E-state index contributed by atoms with van der Waals surface area (Å²) in [6.45, 7) is -0.568. The zero-order chi connectivity index (χ0) is 15.9. The Labute approximate surface area is 131 Å². The van der Waals surface area contributed by atoms with E-state index < -0.39 is 12.8 Å². The van der Waals surface area contributed by atoms with Gasteiger partial charge >= 0.3 is 6.18 Å². The number of halogens is 5. The number of alkyl halides is 3. The average molecular weight is 346 g/mol. The van der Waals surface area contributed by atoms with Crippen LogP contribution < -0.4 is 10.1 Å². The lowest BCUT2D eigenvalue weighted by Gasteiger charge is -2.14. The Balaban J connectivity index is 2.44. The zero-order valence-electron chi connectivity index (χ0n) is 11.4.